The summed E-state index contributed by atoms with van der Waals surface area (Å²) in [6.45, 7) is 6.24. The lowest BCUT2D eigenvalue weighted by molar-refractivity contribution is -0.121. The van der Waals surface area contributed by atoms with Crippen molar-refractivity contribution in [3.8, 4) is 17.0 Å². The number of amides is 1. The third-order valence-corrected chi connectivity index (χ3v) is 5.75. The van der Waals surface area contributed by atoms with Crippen LogP contribution in [0.3, 0.4) is 0 Å². The highest BCUT2D eigenvalue weighted by molar-refractivity contribution is 7.19. The maximum absolute atomic E-state index is 12.1. The minimum atomic E-state index is -0.943. The molecule has 0 saturated heterocycles. The summed E-state index contributed by atoms with van der Waals surface area (Å²) < 4.78 is 7.38. The van der Waals surface area contributed by atoms with Gasteiger partial charge in [0.2, 0.25) is 0 Å². The van der Waals surface area contributed by atoms with Gasteiger partial charge in [0.1, 0.15) is 10.6 Å². The molecule has 8 heteroatoms. The Balaban J connectivity index is 1.86. The first-order valence-electron chi connectivity index (χ1n) is 8.21. The molecule has 0 spiro atoms. The molecule has 0 saturated carbocycles. The highest BCUT2D eigenvalue weighted by Gasteiger charge is 2.26. The molecule has 26 heavy (non-hydrogen) atoms. The van der Waals surface area contributed by atoms with E-state index in [9.17, 15) is 14.7 Å². The Bertz CT molecular complexity index is 1070. The van der Waals surface area contributed by atoms with Crippen molar-refractivity contribution in [2.45, 2.75) is 20.8 Å². The summed E-state index contributed by atoms with van der Waals surface area (Å²) in [6, 6.07) is 5.67. The van der Waals surface area contributed by atoms with E-state index in [2.05, 4.69) is 4.98 Å². The summed E-state index contributed by atoms with van der Waals surface area (Å²) in [7, 11) is 0. The van der Waals surface area contributed by atoms with E-state index in [-0.39, 0.29) is 12.5 Å². The van der Waals surface area contributed by atoms with Crippen molar-refractivity contribution >= 4 is 33.9 Å². The van der Waals surface area contributed by atoms with Gasteiger partial charge in [0, 0.05) is 23.5 Å². The summed E-state index contributed by atoms with van der Waals surface area (Å²) in [6.07, 6.45) is 0. The van der Waals surface area contributed by atoms with E-state index in [0.29, 0.717) is 27.8 Å². The van der Waals surface area contributed by atoms with Gasteiger partial charge in [0.25, 0.3) is 5.91 Å². The van der Waals surface area contributed by atoms with Crippen LogP contribution in [0.25, 0.3) is 16.2 Å². The highest BCUT2D eigenvalue weighted by Crippen LogP contribution is 2.37. The fourth-order valence-corrected chi connectivity index (χ4v) is 4.39. The van der Waals surface area contributed by atoms with Crippen molar-refractivity contribution in [3.63, 3.8) is 0 Å². The topological polar surface area (TPSA) is 84.1 Å². The third kappa shape index (κ3) is 2.29. The molecule has 0 radical (unpaired) electrons. The minimum Gasteiger partial charge on any atom is -0.482 e. The molecule has 3 aromatic rings. The van der Waals surface area contributed by atoms with Crippen LogP contribution in [-0.2, 0) is 4.79 Å². The minimum absolute atomic E-state index is 0.0522. The van der Waals surface area contributed by atoms with Crippen LogP contribution < -0.4 is 9.64 Å². The summed E-state index contributed by atoms with van der Waals surface area (Å²) >= 11 is 1.16. The van der Waals surface area contributed by atoms with Crippen molar-refractivity contribution in [2.24, 2.45) is 0 Å². The predicted molar refractivity (Wildman–Crippen MR) is 98.5 cm³/mol. The van der Waals surface area contributed by atoms with E-state index in [1.807, 2.05) is 36.4 Å². The van der Waals surface area contributed by atoms with Gasteiger partial charge in [0.05, 0.1) is 11.4 Å². The van der Waals surface area contributed by atoms with E-state index >= 15 is 0 Å². The number of thiazole rings is 1. The molecule has 0 fully saturated rings. The van der Waals surface area contributed by atoms with E-state index in [4.69, 9.17) is 4.74 Å². The zero-order chi connectivity index (χ0) is 18.6. The van der Waals surface area contributed by atoms with Gasteiger partial charge in [0.15, 0.2) is 11.6 Å². The Morgan fingerprint density at radius 1 is 1.35 bits per heavy atom. The number of fused-ring (bicyclic) bond motifs is 2. The van der Waals surface area contributed by atoms with Gasteiger partial charge in [-0.25, -0.2) is 9.78 Å². The highest BCUT2D eigenvalue weighted by atomic mass is 32.1. The average molecular weight is 371 g/mol. The third-order valence-electron chi connectivity index (χ3n) is 4.62. The monoisotopic (exact) mass is 371 g/mol. The Morgan fingerprint density at radius 3 is 2.77 bits per heavy atom. The second-order valence-corrected chi connectivity index (χ2v) is 7.07. The smallest absolute Gasteiger partial charge is 0.347 e. The molecule has 1 N–H and O–H groups in total. The Hall–Kier alpha value is -2.87. The Labute approximate surface area is 153 Å². The molecule has 0 bridgehead atoms. The number of carboxylic acids is 1. The van der Waals surface area contributed by atoms with Crippen LogP contribution in [0.1, 0.15) is 28.0 Å². The number of imidazole rings is 1. The number of carboxylic acid groups (broad SMARTS) is 1. The van der Waals surface area contributed by atoms with Crippen LogP contribution in [-0.4, -0.2) is 39.5 Å². The van der Waals surface area contributed by atoms with Crippen molar-refractivity contribution in [3.05, 3.63) is 34.5 Å². The lowest BCUT2D eigenvalue weighted by Gasteiger charge is -2.28. The number of carbonyl (C=O) groups is 2. The summed E-state index contributed by atoms with van der Waals surface area (Å²) in [5.74, 6) is -0.332. The zero-order valence-corrected chi connectivity index (χ0v) is 15.4. The molecule has 1 aliphatic rings. The number of benzene rings is 1. The normalized spacial score (nSPS) is 13.8. The molecule has 7 nitrogen and oxygen atoms in total. The van der Waals surface area contributed by atoms with Crippen LogP contribution in [0.4, 0.5) is 5.69 Å². The predicted octanol–water partition coefficient (Wildman–Crippen LogP) is 3.12. The van der Waals surface area contributed by atoms with Crippen molar-refractivity contribution < 1.29 is 19.4 Å². The molecule has 4 rings (SSSR count). The number of aromatic carboxylic acids is 1. The summed E-state index contributed by atoms with van der Waals surface area (Å²) in [5.41, 5.74) is 3.91. The van der Waals surface area contributed by atoms with Crippen LogP contribution in [0.15, 0.2) is 18.2 Å². The number of likely N-dealkylation sites (N-methyl/N-ethyl adjacent to an activating group) is 1. The fraction of sp³-hybridized carbons (Fsp3) is 0.278. The van der Waals surface area contributed by atoms with Gasteiger partial charge in [-0.1, -0.05) is 11.3 Å². The average Bonchev–Trinajstić information content (AvgIpc) is 3.11. The van der Waals surface area contributed by atoms with Gasteiger partial charge in [-0.15, -0.1) is 0 Å². The first-order chi connectivity index (χ1) is 12.4. The molecule has 0 atom stereocenters. The molecule has 1 aliphatic heterocycles. The molecular weight excluding hydrogens is 354 g/mol. The van der Waals surface area contributed by atoms with Crippen LogP contribution in [0, 0.1) is 13.8 Å². The van der Waals surface area contributed by atoms with E-state index in [1.165, 1.54) is 0 Å². The second kappa shape index (κ2) is 5.84. The molecule has 2 aromatic heterocycles. The first-order valence-corrected chi connectivity index (χ1v) is 9.03. The SMILES string of the molecule is CCN1C(=O)COc2ccc(-c3nc4sc(C(=O)O)c(C)n4c3C)cc21. The molecular formula is C18H17N3O4S. The summed E-state index contributed by atoms with van der Waals surface area (Å²) in [4.78, 5) is 30.7. The van der Waals surface area contributed by atoms with Crippen LogP contribution in [0.2, 0.25) is 0 Å². The summed E-state index contributed by atoms with van der Waals surface area (Å²) in [5, 5.41) is 9.29. The van der Waals surface area contributed by atoms with Gasteiger partial charge < -0.3 is 14.7 Å². The van der Waals surface area contributed by atoms with Crippen LogP contribution >= 0.6 is 11.3 Å². The number of nitrogens with zero attached hydrogens (tertiary/aromatic N) is 3. The maximum atomic E-state index is 12.1. The van der Waals surface area contributed by atoms with E-state index in [1.54, 1.807) is 11.8 Å². The maximum Gasteiger partial charge on any atom is 0.347 e. The van der Waals surface area contributed by atoms with Gasteiger partial charge in [-0.2, -0.15) is 0 Å². The lowest BCUT2D eigenvalue weighted by Crippen LogP contribution is -2.38. The number of anilines is 1. The Kier molecular flexibility index (Phi) is 3.73. The Morgan fingerprint density at radius 2 is 2.12 bits per heavy atom. The number of rotatable bonds is 3. The van der Waals surface area contributed by atoms with E-state index < -0.39 is 5.97 Å². The number of aromatic nitrogens is 2. The van der Waals surface area contributed by atoms with E-state index in [0.717, 1.165) is 34.0 Å². The molecule has 1 amide bonds. The number of hydrogen-bond donors (Lipinski definition) is 1. The molecule has 0 aliphatic carbocycles. The van der Waals surface area contributed by atoms with Crippen molar-refractivity contribution in [1.82, 2.24) is 9.38 Å². The molecule has 0 unspecified atom stereocenters. The van der Waals surface area contributed by atoms with Gasteiger partial charge >= 0.3 is 5.97 Å². The second-order valence-electron chi connectivity index (χ2n) is 6.09. The number of aryl methyl sites for hydroxylation is 2. The lowest BCUT2D eigenvalue weighted by atomic mass is 10.1. The standard InChI is InChI=1S/C18H17N3O4S/c1-4-20-12-7-11(5-6-13(12)25-8-14(20)22)15-9(2)21-10(3)16(17(23)24)26-18(21)19-15/h5-7H,4,8H2,1-3H3,(H,23,24). The largest absolute Gasteiger partial charge is 0.482 e. The van der Waals surface area contributed by atoms with Crippen LogP contribution in [0.5, 0.6) is 5.75 Å². The zero-order valence-electron chi connectivity index (χ0n) is 14.6. The van der Waals surface area contributed by atoms with Gasteiger partial charge in [-0.05, 0) is 39.0 Å². The number of ether oxygens (including phenoxy) is 1. The van der Waals surface area contributed by atoms with Gasteiger partial charge in [-0.3, -0.25) is 9.20 Å². The van der Waals surface area contributed by atoms with Crippen molar-refractivity contribution in [2.75, 3.05) is 18.1 Å². The number of carbonyl (C=O) groups excluding carboxylic acids is 1. The molecule has 3 heterocycles. The molecule has 134 valence electrons. The quantitative estimate of drug-likeness (QED) is 0.765. The van der Waals surface area contributed by atoms with Crippen molar-refractivity contribution in [1.29, 1.82) is 0 Å². The fourth-order valence-electron chi connectivity index (χ4n) is 3.37. The molecule has 1 aromatic carbocycles. The number of hydrogen-bond acceptors (Lipinski definition) is 5. The first kappa shape index (κ1) is 16.6.